The molecule has 0 N–H and O–H groups in total. The summed E-state index contributed by atoms with van der Waals surface area (Å²) in [5.74, 6) is -0.123. The summed E-state index contributed by atoms with van der Waals surface area (Å²) < 4.78 is 0. The molecule has 2 aromatic rings. The van der Waals surface area contributed by atoms with Crippen LogP contribution in [0.15, 0.2) is 60.7 Å². The average molecular weight is 364 g/mol. The molecule has 2 amide bonds. The predicted molar refractivity (Wildman–Crippen MR) is 107 cm³/mol. The molecule has 142 valence electrons. The van der Waals surface area contributed by atoms with E-state index < -0.39 is 5.54 Å². The first-order chi connectivity index (χ1) is 12.7. The molecule has 27 heavy (non-hydrogen) atoms. The maximum absolute atomic E-state index is 13.5. The van der Waals surface area contributed by atoms with E-state index >= 15 is 0 Å². The van der Waals surface area contributed by atoms with Gasteiger partial charge in [-0.05, 0) is 24.6 Å². The van der Waals surface area contributed by atoms with Crippen LogP contribution in [-0.4, -0.2) is 40.4 Å². The van der Waals surface area contributed by atoms with E-state index in [1.54, 1.807) is 16.8 Å². The molecule has 3 rings (SSSR count). The molecule has 1 heterocycles. The first-order valence-electron chi connectivity index (χ1n) is 9.36. The summed E-state index contributed by atoms with van der Waals surface area (Å²) in [6.45, 7) is 8.11. The van der Waals surface area contributed by atoms with Gasteiger partial charge in [0.2, 0.25) is 5.91 Å². The van der Waals surface area contributed by atoms with Crippen molar-refractivity contribution >= 4 is 11.8 Å². The molecule has 0 radical (unpaired) electrons. The minimum Gasteiger partial charge on any atom is -0.323 e. The minimum atomic E-state index is -0.930. The molecular weight excluding hydrogens is 336 g/mol. The predicted octanol–water partition coefficient (Wildman–Crippen LogP) is 3.97. The number of carbonyl (C=O) groups excluding carboxylic acids is 2. The number of hydrogen-bond donors (Lipinski definition) is 0. The van der Waals surface area contributed by atoms with E-state index in [1.807, 2.05) is 67.6 Å². The third-order valence-electron chi connectivity index (χ3n) is 5.33. The molecule has 1 saturated heterocycles. The lowest BCUT2D eigenvalue weighted by molar-refractivity contribution is -0.132. The zero-order valence-corrected chi connectivity index (χ0v) is 16.8. The second-order valence-corrected chi connectivity index (χ2v) is 8.63. The number of amides is 2. The van der Waals surface area contributed by atoms with Gasteiger partial charge in [0.1, 0.15) is 11.7 Å². The van der Waals surface area contributed by atoms with Crippen molar-refractivity contribution in [1.82, 2.24) is 9.80 Å². The summed E-state index contributed by atoms with van der Waals surface area (Å²) in [6, 6.07) is 19.1. The van der Waals surface area contributed by atoms with Gasteiger partial charge in [0, 0.05) is 24.4 Å². The fraction of sp³-hybridized carbons (Fsp3) is 0.391. The van der Waals surface area contributed by atoms with Crippen molar-refractivity contribution in [2.24, 2.45) is 5.41 Å². The highest BCUT2D eigenvalue weighted by Crippen LogP contribution is 2.41. The van der Waals surface area contributed by atoms with Gasteiger partial charge in [0.25, 0.3) is 5.91 Å². The van der Waals surface area contributed by atoms with Gasteiger partial charge in [-0.3, -0.25) is 9.59 Å². The van der Waals surface area contributed by atoms with Crippen LogP contribution in [0.2, 0.25) is 0 Å². The van der Waals surface area contributed by atoms with Crippen LogP contribution in [0.25, 0.3) is 0 Å². The monoisotopic (exact) mass is 364 g/mol. The second-order valence-electron chi connectivity index (χ2n) is 8.63. The first-order valence-corrected chi connectivity index (χ1v) is 9.36. The number of benzene rings is 2. The third kappa shape index (κ3) is 3.36. The van der Waals surface area contributed by atoms with Crippen molar-refractivity contribution in [3.8, 4) is 0 Å². The Labute approximate surface area is 161 Å². The highest BCUT2D eigenvalue weighted by molar-refractivity contribution is 6.01. The van der Waals surface area contributed by atoms with Crippen LogP contribution in [0.3, 0.4) is 0 Å². The molecule has 1 aliphatic rings. The number of likely N-dealkylation sites (N-methyl/N-ethyl adjacent to an activating group) is 1. The van der Waals surface area contributed by atoms with Crippen molar-refractivity contribution in [1.29, 1.82) is 0 Å². The highest BCUT2D eigenvalue weighted by Gasteiger charge is 2.58. The molecule has 4 nitrogen and oxygen atoms in total. The van der Waals surface area contributed by atoms with E-state index in [4.69, 9.17) is 0 Å². The van der Waals surface area contributed by atoms with Crippen LogP contribution in [0.5, 0.6) is 0 Å². The minimum absolute atomic E-state index is 0.0180. The van der Waals surface area contributed by atoms with Gasteiger partial charge in [-0.2, -0.15) is 0 Å². The maximum Gasteiger partial charge on any atom is 0.256 e. The molecule has 0 aromatic heterocycles. The van der Waals surface area contributed by atoms with Crippen LogP contribution in [-0.2, 0) is 11.2 Å². The molecule has 0 spiro atoms. The molecule has 1 aliphatic heterocycles. The van der Waals surface area contributed by atoms with E-state index in [9.17, 15) is 9.59 Å². The zero-order chi connectivity index (χ0) is 19.8. The quantitative estimate of drug-likeness (QED) is 0.827. The van der Waals surface area contributed by atoms with Crippen molar-refractivity contribution in [3.63, 3.8) is 0 Å². The fourth-order valence-corrected chi connectivity index (χ4v) is 4.21. The summed E-state index contributed by atoms with van der Waals surface area (Å²) in [7, 11) is 1.81. The summed E-state index contributed by atoms with van der Waals surface area (Å²) in [5.41, 5.74) is 0.445. The van der Waals surface area contributed by atoms with Gasteiger partial charge in [0.05, 0.1) is 0 Å². The molecule has 0 bridgehead atoms. The van der Waals surface area contributed by atoms with Gasteiger partial charge >= 0.3 is 0 Å². The van der Waals surface area contributed by atoms with E-state index in [0.29, 0.717) is 12.0 Å². The van der Waals surface area contributed by atoms with Crippen LogP contribution in [0.1, 0.15) is 43.6 Å². The highest BCUT2D eigenvalue weighted by atomic mass is 16.2. The molecule has 0 saturated carbocycles. The second kappa shape index (κ2) is 6.84. The van der Waals surface area contributed by atoms with Crippen LogP contribution >= 0.6 is 0 Å². The van der Waals surface area contributed by atoms with Crippen LogP contribution in [0, 0.1) is 5.41 Å². The zero-order valence-electron chi connectivity index (χ0n) is 16.8. The van der Waals surface area contributed by atoms with Crippen molar-refractivity contribution in [3.05, 3.63) is 71.8 Å². The standard InChI is InChI=1S/C23H28N2O2/c1-22(2,3)20-24(5)21(27)23(4,16-17-12-8-6-9-13-17)25(20)19(26)18-14-10-7-11-15-18/h6-15,20H,16H2,1-5H3. The molecular formula is C23H28N2O2. The van der Waals surface area contributed by atoms with E-state index in [2.05, 4.69) is 20.8 Å². The molecule has 2 atom stereocenters. The van der Waals surface area contributed by atoms with Gasteiger partial charge in [-0.1, -0.05) is 69.3 Å². The fourth-order valence-electron chi connectivity index (χ4n) is 4.21. The number of rotatable bonds is 3. The summed E-state index contributed by atoms with van der Waals surface area (Å²) in [4.78, 5) is 30.5. The Hall–Kier alpha value is -2.62. The molecule has 2 unspecified atom stereocenters. The Morgan fingerprint density at radius 3 is 2.04 bits per heavy atom. The van der Waals surface area contributed by atoms with Crippen LogP contribution < -0.4 is 0 Å². The average Bonchev–Trinajstić information content (AvgIpc) is 2.83. The Morgan fingerprint density at radius 2 is 1.52 bits per heavy atom. The summed E-state index contributed by atoms with van der Waals surface area (Å²) >= 11 is 0. The third-order valence-corrected chi connectivity index (χ3v) is 5.33. The lowest BCUT2D eigenvalue weighted by Gasteiger charge is -2.42. The first kappa shape index (κ1) is 19.2. The van der Waals surface area contributed by atoms with Crippen molar-refractivity contribution in [2.75, 3.05) is 7.05 Å². The topological polar surface area (TPSA) is 40.6 Å². The van der Waals surface area contributed by atoms with Gasteiger partial charge < -0.3 is 9.80 Å². The molecule has 2 aromatic carbocycles. The SMILES string of the molecule is CN1C(=O)C(C)(Cc2ccccc2)N(C(=O)c2ccccc2)C1C(C)(C)C. The Morgan fingerprint density at radius 1 is 1.00 bits per heavy atom. The lowest BCUT2D eigenvalue weighted by Crippen LogP contribution is -2.56. The Balaban J connectivity index is 2.11. The summed E-state index contributed by atoms with van der Waals surface area (Å²) in [6.07, 6.45) is 0.175. The molecule has 0 aliphatic carbocycles. The normalized spacial score (nSPS) is 23.0. The summed E-state index contributed by atoms with van der Waals surface area (Å²) in [5, 5.41) is 0. The van der Waals surface area contributed by atoms with E-state index in [0.717, 1.165) is 5.56 Å². The van der Waals surface area contributed by atoms with Gasteiger partial charge in [-0.15, -0.1) is 0 Å². The number of nitrogens with zero attached hydrogens (tertiary/aromatic N) is 2. The van der Waals surface area contributed by atoms with Gasteiger partial charge in [-0.25, -0.2) is 0 Å². The Bertz CT molecular complexity index is 826. The molecule has 1 fully saturated rings. The number of hydrogen-bond acceptors (Lipinski definition) is 2. The maximum atomic E-state index is 13.5. The Kier molecular flexibility index (Phi) is 4.85. The van der Waals surface area contributed by atoms with Crippen molar-refractivity contribution < 1.29 is 9.59 Å². The molecule has 4 heteroatoms. The van der Waals surface area contributed by atoms with Crippen LogP contribution in [0.4, 0.5) is 0 Å². The van der Waals surface area contributed by atoms with Crippen molar-refractivity contribution in [2.45, 2.75) is 45.8 Å². The van der Waals surface area contributed by atoms with E-state index in [1.165, 1.54) is 0 Å². The van der Waals surface area contributed by atoms with Gasteiger partial charge in [0.15, 0.2) is 0 Å². The largest absolute Gasteiger partial charge is 0.323 e. The smallest absolute Gasteiger partial charge is 0.256 e. The number of carbonyl (C=O) groups is 2. The lowest BCUT2D eigenvalue weighted by atomic mass is 9.87. The van der Waals surface area contributed by atoms with E-state index in [-0.39, 0.29) is 23.4 Å².